The van der Waals surface area contributed by atoms with Gasteiger partial charge in [0, 0.05) is 16.9 Å². The third-order valence-electron chi connectivity index (χ3n) is 4.76. The average Bonchev–Trinajstić information content (AvgIpc) is 3.06. The lowest BCUT2D eigenvalue weighted by atomic mass is 9.87. The van der Waals surface area contributed by atoms with Crippen molar-refractivity contribution in [3.63, 3.8) is 0 Å². The van der Waals surface area contributed by atoms with Crippen LogP contribution in [0.4, 0.5) is 9.52 Å². The van der Waals surface area contributed by atoms with E-state index in [0.717, 1.165) is 26.4 Å². The Morgan fingerprint density at radius 2 is 1.90 bits per heavy atom. The largest absolute Gasteiger partial charge is 0.492 e. The van der Waals surface area contributed by atoms with Crippen LogP contribution in [-0.2, 0) is 10.2 Å². The van der Waals surface area contributed by atoms with Gasteiger partial charge in [-0.1, -0.05) is 26.8 Å². The van der Waals surface area contributed by atoms with Gasteiger partial charge in [0.15, 0.2) is 5.13 Å². The Labute approximate surface area is 195 Å². The predicted molar refractivity (Wildman–Crippen MR) is 128 cm³/mol. The zero-order valence-electron chi connectivity index (χ0n) is 18.1. The molecule has 0 spiro atoms. The van der Waals surface area contributed by atoms with Crippen molar-refractivity contribution in [1.29, 1.82) is 0 Å². The Morgan fingerprint density at radius 1 is 1.19 bits per heavy atom. The van der Waals surface area contributed by atoms with Crippen molar-refractivity contribution in [1.82, 2.24) is 4.98 Å². The molecule has 0 aliphatic rings. The number of aryl methyl sites for hydroxylation is 1. The first-order valence-corrected chi connectivity index (χ1v) is 11.7. The predicted octanol–water partition coefficient (Wildman–Crippen LogP) is 7.12. The van der Waals surface area contributed by atoms with Crippen LogP contribution in [0.2, 0.25) is 0 Å². The van der Waals surface area contributed by atoms with E-state index in [1.165, 1.54) is 29.0 Å². The summed E-state index contributed by atoms with van der Waals surface area (Å²) in [5.41, 5.74) is 2.88. The average molecular weight is 505 g/mol. The molecular formula is C24H26BrFN2O2S. The van der Waals surface area contributed by atoms with Crippen LogP contribution in [-0.4, -0.2) is 17.5 Å². The molecule has 1 aromatic heterocycles. The number of carbonyl (C=O) groups is 1. The van der Waals surface area contributed by atoms with Gasteiger partial charge in [0.25, 0.3) is 0 Å². The van der Waals surface area contributed by atoms with Crippen LogP contribution in [0.3, 0.4) is 0 Å². The van der Waals surface area contributed by atoms with E-state index in [0.29, 0.717) is 24.6 Å². The van der Waals surface area contributed by atoms with Gasteiger partial charge in [-0.2, -0.15) is 0 Å². The SMILES string of the molecule is Cc1sc(NC(=O)CCCOc2ccc(C(C)(C)C)cc2Br)nc1-c1ccc(F)cc1. The Morgan fingerprint density at radius 3 is 2.55 bits per heavy atom. The Bertz CT molecular complexity index is 1060. The first kappa shape index (κ1) is 23.4. The highest BCUT2D eigenvalue weighted by Gasteiger charge is 2.16. The molecule has 0 atom stereocenters. The molecular weight excluding hydrogens is 479 g/mol. The Kier molecular flexibility index (Phi) is 7.49. The molecule has 3 rings (SSSR count). The fourth-order valence-electron chi connectivity index (χ4n) is 3.01. The van der Waals surface area contributed by atoms with Crippen LogP contribution in [0.15, 0.2) is 46.9 Å². The highest BCUT2D eigenvalue weighted by atomic mass is 79.9. The molecule has 0 radical (unpaired) electrons. The zero-order chi connectivity index (χ0) is 22.6. The van der Waals surface area contributed by atoms with Crippen LogP contribution in [0.5, 0.6) is 5.75 Å². The van der Waals surface area contributed by atoms with Gasteiger partial charge in [-0.15, -0.1) is 11.3 Å². The second-order valence-corrected chi connectivity index (χ2v) is 10.4. The molecule has 164 valence electrons. The van der Waals surface area contributed by atoms with Crippen LogP contribution in [0.25, 0.3) is 11.3 Å². The van der Waals surface area contributed by atoms with Crippen LogP contribution in [0.1, 0.15) is 44.1 Å². The summed E-state index contributed by atoms with van der Waals surface area (Å²) in [5.74, 6) is 0.377. The monoisotopic (exact) mass is 504 g/mol. The van der Waals surface area contributed by atoms with Crippen LogP contribution < -0.4 is 10.1 Å². The van der Waals surface area contributed by atoms with Crippen molar-refractivity contribution in [2.24, 2.45) is 0 Å². The minimum atomic E-state index is -0.287. The number of carbonyl (C=O) groups excluding carboxylic acids is 1. The van der Waals surface area contributed by atoms with Gasteiger partial charge in [-0.05, 0) is 76.7 Å². The van der Waals surface area contributed by atoms with Gasteiger partial charge in [0.1, 0.15) is 11.6 Å². The molecule has 7 heteroatoms. The molecule has 0 aliphatic heterocycles. The van der Waals surface area contributed by atoms with Gasteiger partial charge in [0.05, 0.1) is 16.8 Å². The molecule has 0 fully saturated rings. The fourth-order valence-corrected chi connectivity index (χ4v) is 4.35. The number of benzene rings is 2. The number of hydrogen-bond acceptors (Lipinski definition) is 4. The van der Waals surface area contributed by atoms with E-state index in [1.54, 1.807) is 12.1 Å². The van der Waals surface area contributed by atoms with Gasteiger partial charge in [0.2, 0.25) is 5.91 Å². The number of rotatable bonds is 7. The maximum atomic E-state index is 13.1. The lowest BCUT2D eigenvalue weighted by molar-refractivity contribution is -0.116. The third kappa shape index (κ3) is 6.37. The van der Waals surface area contributed by atoms with Gasteiger partial charge in [-0.25, -0.2) is 9.37 Å². The fraction of sp³-hybridized carbons (Fsp3) is 0.333. The Balaban J connectivity index is 1.49. The lowest BCUT2D eigenvalue weighted by Gasteiger charge is -2.20. The summed E-state index contributed by atoms with van der Waals surface area (Å²) in [4.78, 5) is 17.7. The van der Waals surface area contributed by atoms with Crippen LogP contribution in [0, 0.1) is 12.7 Å². The number of thiazole rings is 1. The van der Waals surface area contributed by atoms with Crippen LogP contribution >= 0.6 is 27.3 Å². The lowest BCUT2D eigenvalue weighted by Crippen LogP contribution is -2.13. The molecule has 2 aromatic carbocycles. The standard InChI is InChI=1S/C24H26BrFN2O2S/c1-15-22(16-7-10-18(26)11-8-16)28-23(31-15)27-21(29)6-5-13-30-20-12-9-17(14-19(20)25)24(2,3)4/h7-12,14H,5-6,13H2,1-4H3,(H,27,28,29). The van der Waals surface area contributed by atoms with E-state index in [2.05, 4.69) is 59.1 Å². The second-order valence-electron chi connectivity index (χ2n) is 8.33. The highest BCUT2D eigenvalue weighted by Crippen LogP contribution is 2.32. The molecule has 1 amide bonds. The first-order valence-electron chi connectivity index (χ1n) is 10.1. The molecule has 0 unspecified atom stereocenters. The molecule has 1 N–H and O–H groups in total. The van der Waals surface area contributed by atoms with E-state index in [-0.39, 0.29) is 17.1 Å². The van der Waals surface area contributed by atoms with Crippen molar-refractivity contribution < 1.29 is 13.9 Å². The van der Waals surface area contributed by atoms with E-state index in [9.17, 15) is 9.18 Å². The third-order valence-corrected chi connectivity index (χ3v) is 6.27. The summed E-state index contributed by atoms with van der Waals surface area (Å²) in [6.07, 6.45) is 0.927. The van der Waals surface area contributed by atoms with Crippen molar-refractivity contribution in [2.75, 3.05) is 11.9 Å². The molecule has 0 saturated heterocycles. The second kappa shape index (κ2) is 9.92. The summed E-state index contributed by atoms with van der Waals surface area (Å²) in [6, 6.07) is 12.3. The van der Waals surface area contributed by atoms with Crippen molar-refractivity contribution in [3.8, 4) is 17.0 Å². The minimum absolute atomic E-state index is 0.0733. The number of hydrogen-bond donors (Lipinski definition) is 1. The molecule has 3 aromatic rings. The molecule has 31 heavy (non-hydrogen) atoms. The van der Waals surface area contributed by atoms with Gasteiger partial charge >= 0.3 is 0 Å². The van der Waals surface area contributed by atoms with Crippen molar-refractivity contribution in [2.45, 2.75) is 46.0 Å². The van der Waals surface area contributed by atoms with Gasteiger partial charge < -0.3 is 10.1 Å². The first-order chi connectivity index (χ1) is 14.6. The highest BCUT2D eigenvalue weighted by molar-refractivity contribution is 9.10. The number of nitrogens with zero attached hydrogens (tertiary/aromatic N) is 1. The molecule has 1 heterocycles. The molecule has 0 saturated carbocycles. The maximum Gasteiger partial charge on any atom is 0.226 e. The number of halogens is 2. The zero-order valence-corrected chi connectivity index (χ0v) is 20.5. The maximum absolute atomic E-state index is 13.1. The molecule has 4 nitrogen and oxygen atoms in total. The van der Waals surface area contributed by atoms with E-state index in [4.69, 9.17) is 4.74 Å². The number of ether oxygens (including phenoxy) is 1. The number of aromatic nitrogens is 1. The quantitative estimate of drug-likeness (QED) is 0.348. The molecule has 0 aliphatic carbocycles. The molecule has 0 bridgehead atoms. The van der Waals surface area contributed by atoms with Crippen molar-refractivity contribution >= 4 is 38.3 Å². The van der Waals surface area contributed by atoms with E-state index >= 15 is 0 Å². The number of amides is 1. The Hall–Kier alpha value is -2.25. The smallest absolute Gasteiger partial charge is 0.226 e. The summed E-state index contributed by atoms with van der Waals surface area (Å²) >= 11 is 4.97. The summed E-state index contributed by atoms with van der Waals surface area (Å²) in [7, 11) is 0. The topological polar surface area (TPSA) is 51.2 Å². The summed E-state index contributed by atoms with van der Waals surface area (Å²) < 4.78 is 19.9. The van der Waals surface area contributed by atoms with E-state index in [1.807, 2.05) is 13.0 Å². The van der Waals surface area contributed by atoms with E-state index < -0.39 is 0 Å². The number of nitrogens with one attached hydrogen (secondary N) is 1. The van der Waals surface area contributed by atoms with Crippen molar-refractivity contribution in [3.05, 3.63) is 63.2 Å². The number of anilines is 1. The minimum Gasteiger partial charge on any atom is -0.492 e. The van der Waals surface area contributed by atoms with Gasteiger partial charge in [-0.3, -0.25) is 4.79 Å². The normalized spacial score (nSPS) is 11.4. The summed E-state index contributed by atoms with van der Waals surface area (Å²) in [5, 5.41) is 3.39. The summed E-state index contributed by atoms with van der Waals surface area (Å²) in [6.45, 7) is 8.88.